The third kappa shape index (κ3) is 4.05. The zero-order valence-corrected chi connectivity index (χ0v) is 16.9. The van der Waals surface area contributed by atoms with E-state index in [-0.39, 0.29) is 5.56 Å². The molecule has 0 bridgehead atoms. The molecule has 1 saturated heterocycles. The number of nitrogens with two attached hydrogens (primary N) is 1. The molecule has 0 radical (unpaired) electrons. The number of nitrogens with zero attached hydrogens (tertiary/aromatic N) is 4. The molecule has 3 aromatic heterocycles. The fourth-order valence-electron chi connectivity index (χ4n) is 3.80. The summed E-state index contributed by atoms with van der Waals surface area (Å²) in [6, 6.07) is 5.46. The Morgan fingerprint density at radius 1 is 1.31 bits per heavy atom. The predicted molar refractivity (Wildman–Crippen MR) is 115 cm³/mol. The second-order valence-corrected chi connectivity index (χ2v) is 7.49. The summed E-state index contributed by atoms with van der Waals surface area (Å²) in [5.74, 6) is 0.477. The third-order valence-corrected chi connectivity index (χ3v) is 5.41. The smallest absolute Gasteiger partial charge is 0.258 e. The minimum absolute atomic E-state index is 0.136. The molecule has 150 valence electrons. The summed E-state index contributed by atoms with van der Waals surface area (Å²) in [7, 11) is 0. The van der Waals surface area contributed by atoms with E-state index in [1.807, 2.05) is 26.1 Å². The average Bonchev–Trinajstić information content (AvgIpc) is 2.75. The second-order valence-electron chi connectivity index (χ2n) is 7.49. The van der Waals surface area contributed by atoms with Gasteiger partial charge in [-0.15, -0.1) is 0 Å². The van der Waals surface area contributed by atoms with Crippen molar-refractivity contribution in [1.29, 1.82) is 0 Å². The molecular formula is C22H26N6O. The molecule has 7 heteroatoms. The summed E-state index contributed by atoms with van der Waals surface area (Å²) in [5.41, 5.74) is 11.2. The Morgan fingerprint density at radius 2 is 2.10 bits per heavy atom. The van der Waals surface area contributed by atoms with Gasteiger partial charge < -0.3 is 11.1 Å². The van der Waals surface area contributed by atoms with Crippen LogP contribution in [0.15, 0.2) is 35.4 Å². The van der Waals surface area contributed by atoms with Gasteiger partial charge in [0.05, 0.1) is 28.5 Å². The molecule has 0 unspecified atom stereocenters. The minimum atomic E-state index is -0.136. The first-order chi connectivity index (χ1) is 14.0. The quantitative estimate of drug-likeness (QED) is 0.709. The third-order valence-electron chi connectivity index (χ3n) is 5.41. The molecule has 1 fully saturated rings. The summed E-state index contributed by atoms with van der Waals surface area (Å²) >= 11 is 0. The van der Waals surface area contributed by atoms with Crippen molar-refractivity contribution in [3.8, 4) is 0 Å². The van der Waals surface area contributed by atoms with E-state index in [2.05, 4.69) is 26.3 Å². The van der Waals surface area contributed by atoms with Crippen molar-refractivity contribution in [3.63, 3.8) is 0 Å². The highest BCUT2D eigenvalue weighted by molar-refractivity contribution is 5.77. The Hall–Kier alpha value is -3.06. The lowest BCUT2D eigenvalue weighted by atomic mass is 9.91. The minimum Gasteiger partial charge on any atom is -0.397 e. The van der Waals surface area contributed by atoms with Gasteiger partial charge in [-0.05, 0) is 62.9 Å². The molecule has 3 N–H and O–H groups in total. The molecule has 4 rings (SSSR count). The van der Waals surface area contributed by atoms with Crippen molar-refractivity contribution in [3.05, 3.63) is 69.3 Å². The van der Waals surface area contributed by atoms with Crippen LogP contribution in [0.2, 0.25) is 0 Å². The van der Waals surface area contributed by atoms with Crippen LogP contribution in [0, 0.1) is 6.92 Å². The van der Waals surface area contributed by atoms with Crippen molar-refractivity contribution in [2.24, 2.45) is 5.73 Å². The van der Waals surface area contributed by atoms with Crippen LogP contribution in [0.5, 0.6) is 0 Å². The second kappa shape index (κ2) is 8.13. The van der Waals surface area contributed by atoms with E-state index in [0.717, 1.165) is 43.7 Å². The van der Waals surface area contributed by atoms with Crippen LogP contribution in [-0.4, -0.2) is 32.4 Å². The molecule has 3 aromatic rings. The average molecular weight is 390 g/mol. The molecule has 7 nitrogen and oxygen atoms in total. The molecule has 29 heavy (non-hydrogen) atoms. The standard InChI is InChI=1S/C22H26N6O/c1-3-18-20(25-12-14(2)26-18)10-17(23)19-11-22(29)28-13-16(4-5-21(28)27-19)15-6-8-24-9-7-15/h4-5,10-13,15,24H,3,6-9,23H2,1-2H3. The van der Waals surface area contributed by atoms with E-state index in [1.165, 1.54) is 11.6 Å². The molecular weight excluding hydrogens is 364 g/mol. The topological polar surface area (TPSA) is 98.2 Å². The predicted octanol–water partition coefficient (Wildman–Crippen LogP) is 2.28. The lowest BCUT2D eigenvalue weighted by Gasteiger charge is -2.23. The normalized spacial score (nSPS) is 15.7. The number of aryl methyl sites for hydroxylation is 2. The van der Waals surface area contributed by atoms with Crippen molar-refractivity contribution in [2.45, 2.75) is 39.0 Å². The molecule has 0 spiro atoms. The maximum absolute atomic E-state index is 12.8. The van der Waals surface area contributed by atoms with Crippen molar-refractivity contribution in [1.82, 2.24) is 24.7 Å². The number of hydrogen-bond donors (Lipinski definition) is 2. The summed E-state index contributed by atoms with van der Waals surface area (Å²) in [6.07, 6.45) is 8.29. The highest BCUT2D eigenvalue weighted by Gasteiger charge is 2.16. The van der Waals surface area contributed by atoms with E-state index in [1.54, 1.807) is 16.7 Å². The van der Waals surface area contributed by atoms with Gasteiger partial charge in [-0.1, -0.05) is 13.0 Å². The molecule has 0 aromatic carbocycles. The van der Waals surface area contributed by atoms with Gasteiger partial charge in [-0.3, -0.25) is 19.2 Å². The van der Waals surface area contributed by atoms with E-state index >= 15 is 0 Å². The fraction of sp³-hybridized carbons (Fsp3) is 0.364. The lowest BCUT2D eigenvalue weighted by molar-refractivity contribution is 0.459. The number of rotatable bonds is 4. The molecule has 0 saturated carbocycles. The van der Waals surface area contributed by atoms with Crippen molar-refractivity contribution in [2.75, 3.05) is 13.1 Å². The van der Waals surface area contributed by atoms with Gasteiger partial charge in [-0.25, -0.2) is 4.98 Å². The Labute approximate surface area is 169 Å². The van der Waals surface area contributed by atoms with E-state index in [4.69, 9.17) is 5.73 Å². The van der Waals surface area contributed by atoms with Gasteiger partial charge in [0.25, 0.3) is 5.56 Å². The van der Waals surface area contributed by atoms with Gasteiger partial charge in [0.15, 0.2) is 0 Å². The Balaban J connectivity index is 1.70. The monoisotopic (exact) mass is 390 g/mol. The fourth-order valence-corrected chi connectivity index (χ4v) is 3.80. The molecule has 0 amide bonds. The highest BCUT2D eigenvalue weighted by Crippen LogP contribution is 2.25. The largest absolute Gasteiger partial charge is 0.397 e. The zero-order chi connectivity index (χ0) is 20.4. The van der Waals surface area contributed by atoms with Crippen LogP contribution < -0.4 is 16.6 Å². The molecule has 1 aliphatic rings. The SMILES string of the molecule is CCc1nc(C)cnc1C=C(N)c1cc(=O)n2cc(C3CCNCC3)ccc2n1. The molecule has 1 aliphatic heterocycles. The molecule has 0 aliphatic carbocycles. The summed E-state index contributed by atoms with van der Waals surface area (Å²) in [4.78, 5) is 26.3. The Kier molecular flexibility index (Phi) is 5.40. The number of pyridine rings is 1. The van der Waals surface area contributed by atoms with Crippen LogP contribution >= 0.6 is 0 Å². The summed E-state index contributed by atoms with van der Waals surface area (Å²) in [6.45, 7) is 5.96. The maximum atomic E-state index is 12.8. The van der Waals surface area contributed by atoms with Gasteiger partial charge in [0, 0.05) is 18.5 Å². The van der Waals surface area contributed by atoms with E-state index in [0.29, 0.717) is 28.6 Å². The van der Waals surface area contributed by atoms with Gasteiger partial charge >= 0.3 is 0 Å². The van der Waals surface area contributed by atoms with Crippen LogP contribution in [0.4, 0.5) is 0 Å². The Bertz CT molecular complexity index is 1130. The number of piperidine rings is 1. The summed E-state index contributed by atoms with van der Waals surface area (Å²) < 4.78 is 1.61. The number of nitrogens with one attached hydrogen (secondary N) is 1. The van der Waals surface area contributed by atoms with Crippen LogP contribution in [0.25, 0.3) is 17.4 Å². The first-order valence-corrected chi connectivity index (χ1v) is 10.1. The van der Waals surface area contributed by atoms with E-state index < -0.39 is 0 Å². The van der Waals surface area contributed by atoms with Crippen molar-refractivity contribution >= 4 is 17.4 Å². The highest BCUT2D eigenvalue weighted by atomic mass is 16.1. The van der Waals surface area contributed by atoms with Gasteiger partial charge in [0.2, 0.25) is 0 Å². The van der Waals surface area contributed by atoms with Gasteiger partial charge in [-0.2, -0.15) is 0 Å². The first-order valence-electron chi connectivity index (χ1n) is 10.1. The van der Waals surface area contributed by atoms with Crippen LogP contribution in [-0.2, 0) is 6.42 Å². The van der Waals surface area contributed by atoms with Crippen LogP contribution in [0.1, 0.15) is 54.0 Å². The summed E-state index contributed by atoms with van der Waals surface area (Å²) in [5, 5.41) is 3.37. The molecule has 4 heterocycles. The lowest BCUT2D eigenvalue weighted by Crippen LogP contribution is -2.27. The van der Waals surface area contributed by atoms with Crippen LogP contribution in [0.3, 0.4) is 0 Å². The number of aromatic nitrogens is 4. The molecule has 0 atom stereocenters. The van der Waals surface area contributed by atoms with Gasteiger partial charge in [0.1, 0.15) is 5.65 Å². The van der Waals surface area contributed by atoms with Crippen molar-refractivity contribution < 1.29 is 0 Å². The first kappa shape index (κ1) is 19.3. The Morgan fingerprint density at radius 3 is 2.86 bits per heavy atom. The number of fused-ring (bicyclic) bond motifs is 1. The maximum Gasteiger partial charge on any atom is 0.258 e. The zero-order valence-electron chi connectivity index (χ0n) is 16.9. The van der Waals surface area contributed by atoms with E-state index in [9.17, 15) is 4.79 Å². The number of hydrogen-bond acceptors (Lipinski definition) is 6.